The molecule has 2 nitrogen and oxygen atoms in total. The molecular weight excluding hydrogens is 302 g/mol. The van der Waals surface area contributed by atoms with Gasteiger partial charge < -0.3 is 5.11 Å². The Hall–Kier alpha value is -1.50. The van der Waals surface area contributed by atoms with Gasteiger partial charge in [0.25, 0.3) is 0 Å². The van der Waals surface area contributed by atoms with Crippen LogP contribution in [0.2, 0.25) is 5.02 Å². The van der Waals surface area contributed by atoms with E-state index in [1.165, 1.54) is 0 Å². The van der Waals surface area contributed by atoms with E-state index in [0.717, 1.165) is 15.6 Å². The highest BCUT2D eigenvalue weighted by Gasteiger charge is 2.05. The third-order valence-corrected chi connectivity index (χ3v) is 3.09. The summed E-state index contributed by atoms with van der Waals surface area (Å²) in [6.45, 7) is 0. The number of aromatic hydroxyl groups is 1. The highest BCUT2D eigenvalue weighted by molar-refractivity contribution is 9.10. The molecule has 0 spiro atoms. The minimum Gasteiger partial charge on any atom is -0.508 e. The van der Waals surface area contributed by atoms with Gasteiger partial charge >= 0.3 is 0 Å². The topological polar surface area (TPSA) is 44.0 Å². The maximum Gasteiger partial charge on any atom is 0.117 e. The SMILES string of the molecule is N#Cc1cc(-c2cc(O)cc(Br)c2)ccc1Cl. The van der Waals surface area contributed by atoms with Gasteiger partial charge in [-0.15, -0.1) is 0 Å². The molecule has 0 saturated heterocycles. The lowest BCUT2D eigenvalue weighted by Crippen LogP contribution is -1.82. The molecule has 0 aliphatic heterocycles. The first kappa shape index (κ1) is 12.0. The van der Waals surface area contributed by atoms with Crippen molar-refractivity contribution < 1.29 is 5.11 Å². The van der Waals surface area contributed by atoms with Gasteiger partial charge in [0.15, 0.2) is 0 Å². The number of halogens is 2. The fourth-order valence-electron chi connectivity index (χ4n) is 1.53. The maximum absolute atomic E-state index is 9.52. The van der Waals surface area contributed by atoms with E-state index in [-0.39, 0.29) is 5.75 Å². The Bertz CT molecular complexity index is 599. The van der Waals surface area contributed by atoms with Crippen LogP contribution >= 0.6 is 27.5 Å². The Morgan fingerprint density at radius 1 is 1.12 bits per heavy atom. The van der Waals surface area contributed by atoms with E-state index in [1.807, 2.05) is 18.2 Å². The van der Waals surface area contributed by atoms with Crippen LogP contribution in [0.15, 0.2) is 40.9 Å². The molecule has 4 heteroatoms. The Balaban J connectivity index is 2.57. The summed E-state index contributed by atoms with van der Waals surface area (Å²) in [7, 11) is 0. The van der Waals surface area contributed by atoms with Crippen molar-refractivity contribution in [1.29, 1.82) is 5.26 Å². The molecule has 84 valence electrons. The lowest BCUT2D eigenvalue weighted by Gasteiger charge is -2.05. The average Bonchev–Trinajstić information content (AvgIpc) is 2.28. The number of phenolic OH excluding ortho intramolecular Hbond substituents is 1. The van der Waals surface area contributed by atoms with Gasteiger partial charge in [-0.1, -0.05) is 33.6 Å². The molecule has 0 fully saturated rings. The summed E-state index contributed by atoms with van der Waals surface area (Å²) in [5.41, 5.74) is 2.08. The molecule has 0 aliphatic rings. The Morgan fingerprint density at radius 3 is 2.53 bits per heavy atom. The second-order valence-corrected chi connectivity index (χ2v) is 4.83. The highest BCUT2D eigenvalue weighted by Crippen LogP contribution is 2.30. The maximum atomic E-state index is 9.52. The summed E-state index contributed by atoms with van der Waals surface area (Å²) in [6, 6.07) is 12.3. The summed E-state index contributed by atoms with van der Waals surface area (Å²) in [4.78, 5) is 0. The summed E-state index contributed by atoms with van der Waals surface area (Å²) >= 11 is 9.17. The molecule has 0 saturated carbocycles. The van der Waals surface area contributed by atoms with Crippen molar-refractivity contribution in [3.8, 4) is 22.9 Å². The van der Waals surface area contributed by atoms with Crippen LogP contribution in [-0.2, 0) is 0 Å². The number of benzene rings is 2. The molecule has 0 aliphatic carbocycles. The van der Waals surface area contributed by atoms with Crippen molar-refractivity contribution in [1.82, 2.24) is 0 Å². The highest BCUT2D eigenvalue weighted by atomic mass is 79.9. The summed E-state index contributed by atoms with van der Waals surface area (Å²) in [5, 5.41) is 18.8. The molecule has 0 amide bonds. The van der Waals surface area contributed by atoms with E-state index in [1.54, 1.807) is 24.3 Å². The van der Waals surface area contributed by atoms with Crippen molar-refractivity contribution in [2.24, 2.45) is 0 Å². The van der Waals surface area contributed by atoms with E-state index in [4.69, 9.17) is 16.9 Å². The van der Waals surface area contributed by atoms with Crippen LogP contribution in [0.25, 0.3) is 11.1 Å². The fourth-order valence-corrected chi connectivity index (χ4v) is 2.17. The number of phenols is 1. The Morgan fingerprint density at radius 2 is 1.88 bits per heavy atom. The van der Waals surface area contributed by atoms with Crippen LogP contribution in [0.1, 0.15) is 5.56 Å². The minimum atomic E-state index is 0.169. The summed E-state index contributed by atoms with van der Waals surface area (Å²) in [5.74, 6) is 0.169. The third kappa shape index (κ3) is 2.60. The van der Waals surface area contributed by atoms with Crippen LogP contribution in [0.4, 0.5) is 0 Å². The van der Waals surface area contributed by atoms with E-state index in [9.17, 15) is 5.11 Å². The van der Waals surface area contributed by atoms with Crippen LogP contribution in [0.3, 0.4) is 0 Å². The van der Waals surface area contributed by atoms with E-state index >= 15 is 0 Å². The number of hydrogen-bond acceptors (Lipinski definition) is 2. The predicted octanol–water partition coefficient (Wildman–Crippen LogP) is 4.35. The Labute approximate surface area is 112 Å². The van der Waals surface area contributed by atoms with Crippen molar-refractivity contribution in [2.45, 2.75) is 0 Å². The van der Waals surface area contributed by atoms with E-state index < -0.39 is 0 Å². The van der Waals surface area contributed by atoms with Crippen LogP contribution in [0.5, 0.6) is 5.75 Å². The first-order valence-corrected chi connectivity index (χ1v) is 5.97. The molecule has 0 bridgehead atoms. The van der Waals surface area contributed by atoms with Gasteiger partial charge in [-0.3, -0.25) is 0 Å². The summed E-state index contributed by atoms with van der Waals surface area (Å²) < 4.78 is 0.779. The quantitative estimate of drug-likeness (QED) is 0.851. The van der Waals surface area contributed by atoms with Crippen molar-refractivity contribution in [3.63, 3.8) is 0 Å². The molecule has 2 aromatic carbocycles. The monoisotopic (exact) mass is 307 g/mol. The first-order chi connectivity index (χ1) is 8.10. The van der Waals surface area contributed by atoms with Crippen molar-refractivity contribution >= 4 is 27.5 Å². The minimum absolute atomic E-state index is 0.169. The largest absolute Gasteiger partial charge is 0.508 e. The normalized spacial score (nSPS) is 9.94. The molecule has 0 heterocycles. The van der Waals surface area contributed by atoms with Crippen LogP contribution < -0.4 is 0 Å². The third-order valence-electron chi connectivity index (χ3n) is 2.30. The van der Waals surface area contributed by atoms with Gasteiger partial charge in [-0.05, 0) is 41.5 Å². The van der Waals surface area contributed by atoms with Gasteiger partial charge in [-0.2, -0.15) is 5.26 Å². The fraction of sp³-hybridized carbons (Fsp3) is 0. The molecule has 2 rings (SSSR count). The molecule has 17 heavy (non-hydrogen) atoms. The standard InChI is InChI=1S/C13H7BrClNO/c14-11-4-9(5-12(17)6-11)8-1-2-13(15)10(3-8)7-16/h1-6,17H. The Kier molecular flexibility index (Phi) is 3.37. The van der Waals surface area contributed by atoms with Crippen LogP contribution in [-0.4, -0.2) is 5.11 Å². The van der Waals surface area contributed by atoms with Gasteiger partial charge in [-0.25, -0.2) is 0 Å². The lowest BCUT2D eigenvalue weighted by molar-refractivity contribution is 0.475. The molecule has 0 aromatic heterocycles. The van der Waals surface area contributed by atoms with Gasteiger partial charge in [0.2, 0.25) is 0 Å². The molecule has 0 atom stereocenters. The average molecular weight is 309 g/mol. The second kappa shape index (κ2) is 4.79. The number of rotatable bonds is 1. The van der Waals surface area contributed by atoms with Gasteiger partial charge in [0.1, 0.15) is 11.8 Å². The van der Waals surface area contributed by atoms with E-state index in [0.29, 0.717) is 10.6 Å². The zero-order valence-electron chi connectivity index (χ0n) is 8.61. The number of hydrogen-bond donors (Lipinski definition) is 1. The van der Waals surface area contributed by atoms with Gasteiger partial charge in [0, 0.05) is 4.47 Å². The second-order valence-electron chi connectivity index (χ2n) is 3.50. The molecule has 2 aromatic rings. The molecular formula is C13H7BrClNO. The molecule has 0 unspecified atom stereocenters. The van der Waals surface area contributed by atoms with Crippen molar-refractivity contribution in [3.05, 3.63) is 51.5 Å². The smallest absolute Gasteiger partial charge is 0.117 e. The predicted molar refractivity (Wildman–Crippen MR) is 71.0 cm³/mol. The summed E-state index contributed by atoms with van der Waals surface area (Å²) in [6.07, 6.45) is 0. The molecule has 0 radical (unpaired) electrons. The van der Waals surface area contributed by atoms with Crippen molar-refractivity contribution in [2.75, 3.05) is 0 Å². The first-order valence-electron chi connectivity index (χ1n) is 4.80. The lowest BCUT2D eigenvalue weighted by atomic mass is 10.0. The number of nitrogens with zero attached hydrogens (tertiary/aromatic N) is 1. The number of nitriles is 1. The van der Waals surface area contributed by atoms with E-state index in [2.05, 4.69) is 15.9 Å². The van der Waals surface area contributed by atoms with Gasteiger partial charge in [0.05, 0.1) is 10.6 Å². The molecule has 1 N–H and O–H groups in total. The van der Waals surface area contributed by atoms with Crippen LogP contribution in [0, 0.1) is 11.3 Å². The zero-order chi connectivity index (χ0) is 12.4. The zero-order valence-corrected chi connectivity index (χ0v) is 11.0.